The number of pyridine rings is 1. The molecular weight excluding hydrogens is 515 g/mol. The number of piperidine rings is 1. The van der Waals surface area contributed by atoms with E-state index < -0.39 is 29.4 Å². The monoisotopic (exact) mass is 542 g/mol. The lowest BCUT2D eigenvalue weighted by atomic mass is 9.85. The first-order valence-corrected chi connectivity index (χ1v) is 13.1. The number of fused-ring (bicyclic) bond motifs is 1. The Morgan fingerprint density at radius 3 is 2.84 bits per heavy atom. The van der Waals surface area contributed by atoms with Gasteiger partial charge in [0, 0.05) is 55.8 Å². The van der Waals surface area contributed by atoms with Gasteiger partial charge in [-0.15, -0.1) is 11.3 Å². The third kappa shape index (κ3) is 4.67. The first kappa shape index (κ1) is 25.9. The molecule has 2 N–H and O–H groups in total. The summed E-state index contributed by atoms with van der Waals surface area (Å²) in [6.07, 6.45) is 1.67. The van der Waals surface area contributed by atoms with E-state index in [9.17, 15) is 19.5 Å². The second-order valence-electron chi connectivity index (χ2n) is 9.37. The van der Waals surface area contributed by atoms with E-state index in [-0.39, 0.29) is 49.7 Å². The van der Waals surface area contributed by atoms with Crippen molar-refractivity contribution in [1.29, 1.82) is 0 Å². The number of alkyl halides is 1. The number of aromatic nitrogens is 2. The Hall–Kier alpha value is -3.71. The highest BCUT2D eigenvalue weighted by Gasteiger charge is 2.57. The molecule has 38 heavy (non-hydrogen) atoms. The number of hydrogen-bond acceptors (Lipinski definition) is 10. The summed E-state index contributed by atoms with van der Waals surface area (Å²) >= 11 is 1.42. The molecule has 0 radical (unpaired) electrons. The van der Waals surface area contributed by atoms with Crippen molar-refractivity contribution in [3.63, 3.8) is 0 Å². The summed E-state index contributed by atoms with van der Waals surface area (Å²) in [7, 11) is 0. The number of nitrogens with zero attached hydrogens (tertiary/aromatic N) is 5. The molecule has 2 aromatic rings. The number of hydrogen-bond donors (Lipinski definition) is 2. The summed E-state index contributed by atoms with van der Waals surface area (Å²) < 4.78 is 21.3. The number of anilines is 1. The number of aromatic carboxylic acids is 1. The maximum absolute atomic E-state index is 16.0. The van der Waals surface area contributed by atoms with Crippen LogP contribution in [-0.4, -0.2) is 88.7 Å². The van der Waals surface area contributed by atoms with Crippen molar-refractivity contribution in [2.24, 2.45) is 10.9 Å². The molecule has 2 unspecified atom stereocenters. The molecule has 13 heteroatoms. The lowest BCUT2D eigenvalue weighted by Gasteiger charge is -2.37. The van der Waals surface area contributed by atoms with Gasteiger partial charge in [-0.2, -0.15) is 0 Å². The smallest absolute Gasteiger partial charge is 0.337 e. The predicted molar refractivity (Wildman–Crippen MR) is 137 cm³/mol. The van der Waals surface area contributed by atoms with Crippen LogP contribution in [0.3, 0.4) is 0 Å². The highest BCUT2D eigenvalue weighted by atomic mass is 32.1. The summed E-state index contributed by atoms with van der Waals surface area (Å²) in [5.74, 6) is -2.04. The van der Waals surface area contributed by atoms with Crippen LogP contribution in [0.25, 0.3) is 0 Å². The molecule has 1 amide bonds. The van der Waals surface area contributed by atoms with Crippen LogP contribution in [0.2, 0.25) is 0 Å². The molecule has 2 atom stereocenters. The fourth-order valence-corrected chi connectivity index (χ4v) is 5.69. The van der Waals surface area contributed by atoms with Crippen LogP contribution in [0, 0.1) is 12.8 Å². The van der Waals surface area contributed by atoms with Gasteiger partial charge in [0.15, 0.2) is 16.5 Å². The molecule has 5 rings (SSSR count). The first-order valence-electron chi connectivity index (χ1n) is 12.3. The number of aliphatic imine (C=N–C) groups is 1. The molecule has 11 nitrogen and oxygen atoms in total. The predicted octanol–water partition coefficient (Wildman–Crippen LogP) is 1.79. The van der Waals surface area contributed by atoms with Crippen LogP contribution in [-0.2, 0) is 14.3 Å². The number of carboxylic acids is 1. The van der Waals surface area contributed by atoms with E-state index in [1.54, 1.807) is 20.0 Å². The van der Waals surface area contributed by atoms with E-state index in [4.69, 9.17) is 4.74 Å². The van der Waals surface area contributed by atoms with Gasteiger partial charge in [0.2, 0.25) is 0 Å². The number of esters is 1. The molecule has 0 aromatic carbocycles. The minimum atomic E-state index is -2.04. The SMILES string of the molecule is CCOC(=O)C1=C(CN2CCC3(F)C(=O)N(c4ccc(C(=O)O)c(C)n4)CC3C2)NC(c2nccs2)=NC1. The zero-order valence-electron chi connectivity index (χ0n) is 20.9. The molecule has 3 aliphatic heterocycles. The second-order valence-corrected chi connectivity index (χ2v) is 10.3. The Balaban J connectivity index is 1.34. The molecule has 0 bridgehead atoms. The van der Waals surface area contributed by atoms with Crippen LogP contribution in [0.4, 0.5) is 10.2 Å². The number of ether oxygens (including phenoxy) is 1. The van der Waals surface area contributed by atoms with E-state index in [1.807, 2.05) is 10.3 Å². The minimum Gasteiger partial charge on any atom is -0.478 e. The molecule has 2 fully saturated rings. The zero-order chi connectivity index (χ0) is 27.0. The van der Waals surface area contributed by atoms with Gasteiger partial charge >= 0.3 is 11.9 Å². The minimum absolute atomic E-state index is 0.00532. The van der Waals surface area contributed by atoms with Crippen molar-refractivity contribution in [2.75, 3.05) is 44.2 Å². The van der Waals surface area contributed by atoms with Gasteiger partial charge in [-0.25, -0.2) is 23.9 Å². The molecule has 0 saturated carbocycles. The summed E-state index contributed by atoms with van der Waals surface area (Å²) in [6, 6.07) is 2.82. The third-order valence-corrected chi connectivity index (χ3v) is 7.85. The molecule has 3 aliphatic rings. The fourth-order valence-electron chi connectivity index (χ4n) is 5.09. The van der Waals surface area contributed by atoms with Crippen molar-refractivity contribution in [3.8, 4) is 0 Å². The fraction of sp³-hybridized carbons (Fsp3) is 0.440. The number of aryl methyl sites for hydroxylation is 1. The largest absolute Gasteiger partial charge is 0.478 e. The number of rotatable bonds is 7. The first-order chi connectivity index (χ1) is 18.2. The highest BCUT2D eigenvalue weighted by molar-refractivity contribution is 7.11. The molecule has 0 aliphatic carbocycles. The quantitative estimate of drug-likeness (QED) is 0.502. The van der Waals surface area contributed by atoms with Crippen LogP contribution in [0.1, 0.15) is 34.4 Å². The number of halogens is 1. The topological polar surface area (TPSA) is 137 Å². The van der Waals surface area contributed by atoms with Gasteiger partial charge in [-0.1, -0.05) is 0 Å². The number of amidine groups is 1. The van der Waals surface area contributed by atoms with Crippen LogP contribution in [0.15, 0.2) is 40.0 Å². The number of carboxylic acid groups (broad SMARTS) is 1. The van der Waals surface area contributed by atoms with Gasteiger partial charge in [0.1, 0.15) is 5.82 Å². The number of thiazole rings is 1. The van der Waals surface area contributed by atoms with E-state index >= 15 is 4.39 Å². The summed E-state index contributed by atoms with van der Waals surface area (Å²) in [5.41, 5.74) is -0.718. The van der Waals surface area contributed by atoms with E-state index in [2.05, 4.69) is 20.3 Å². The van der Waals surface area contributed by atoms with Crippen molar-refractivity contribution in [3.05, 3.63) is 51.2 Å². The van der Waals surface area contributed by atoms with Crippen LogP contribution < -0.4 is 10.2 Å². The molecule has 5 heterocycles. The summed E-state index contributed by atoms with van der Waals surface area (Å²) in [4.78, 5) is 53.5. The molecular formula is C25H27FN6O5S. The molecule has 2 saturated heterocycles. The van der Waals surface area contributed by atoms with Gasteiger partial charge in [0.05, 0.1) is 30.0 Å². The van der Waals surface area contributed by atoms with Gasteiger partial charge in [-0.05, 0) is 26.0 Å². The second kappa shape index (κ2) is 10.2. The van der Waals surface area contributed by atoms with E-state index in [0.29, 0.717) is 35.2 Å². The van der Waals surface area contributed by atoms with E-state index in [0.717, 1.165) is 0 Å². The Bertz CT molecular complexity index is 1350. The van der Waals surface area contributed by atoms with Crippen LogP contribution in [0.5, 0.6) is 0 Å². The molecule has 200 valence electrons. The number of carbonyl (C=O) groups is 3. The Morgan fingerprint density at radius 1 is 1.34 bits per heavy atom. The number of amides is 1. The maximum atomic E-state index is 16.0. The Labute approximate surface area is 222 Å². The lowest BCUT2D eigenvalue weighted by Crippen LogP contribution is -2.52. The van der Waals surface area contributed by atoms with Gasteiger partial charge in [0.25, 0.3) is 5.91 Å². The highest BCUT2D eigenvalue weighted by Crippen LogP contribution is 2.41. The van der Waals surface area contributed by atoms with Crippen LogP contribution >= 0.6 is 11.3 Å². The van der Waals surface area contributed by atoms with Crippen molar-refractivity contribution >= 4 is 40.8 Å². The van der Waals surface area contributed by atoms with E-state index in [1.165, 1.54) is 28.4 Å². The molecule has 0 spiro atoms. The number of likely N-dealkylation sites (tertiary alicyclic amines) is 1. The van der Waals surface area contributed by atoms with Gasteiger partial charge < -0.3 is 15.2 Å². The zero-order valence-corrected chi connectivity index (χ0v) is 21.8. The summed E-state index contributed by atoms with van der Waals surface area (Å²) in [6.45, 7) is 4.69. The van der Waals surface area contributed by atoms with Crippen molar-refractivity contribution in [2.45, 2.75) is 25.9 Å². The Morgan fingerprint density at radius 2 is 2.16 bits per heavy atom. The third-order valence-electron chi connectivity index (χ3n) is 7.07. The molecule has 2 aromatic heterocycles. The number of nitrogens with one attached hydrogen (secondary N) is 1. The van der Waals surface area contributed by atoms with Gasteiger partial charge in [-0.3, -0.25) is 19.6 Å². The summed E-state index contributed by atoms with van der Waals surface area (Å²) in [5, 5.41) is 15.0. The number of carbonyl (C=O) groups excluding carboxylic acids is 2. The van der Waals surface area contributed by atoms with Crippen molar-refractivity contribution in [1.82, 2.24) is 20.2 Å². The maximum Gasteiger partial charge on any atom is 0.337 e. The lowest BCUT2D eigenvalue weighted by molar-refractivity contribution is -0.138. The normalized spacial score (nSPS) is 23.7. The standard InChI is InChI=1S/C25H27FN6O5S/c1-3-37-23(35)17-10-28-20(21-27-7-9-38-21)30-18(17)13-31-8-6-25(26)15(11-31)12-32(24(25)36)19-5-4-16(22(33)34)14(2)29-19/h4-5,7,9,15H,3,6,8,10-13H2,1-2H3,(H,28,30)(H,33,34). The average molecular weight is 543 g/mol. The average Bonchev–Trinajstić information content (AvgIpc) is 3.51. The Kier molecular flexibility index (Phi) is 6.97. The van der Waals surface area contributed by atoms with Crippen molar-refractivity contribution < 1.29 is 28.6 Å².